The van der Waals surface area contributed by atoms with Crippen LogP contribution in [-0.4, -0.2) is 33.0 Å². The van der Waals surface area contributed by atoms with E-state index in [4.69, 9.17) is 0 Å². The number of hydrogen-bond acceptors (Lipinski definition) is 5. The van der Waals surface area contributed by atoms with E-state index in [1.165, 1.54) is 33.3 Å². The molecule has 0 atom stereocenters. The summed E-state index contributed by atoms with van der Waals surface area (Å²) in [5.41, 5.74) is 3.75. The third kappa shape index (κ3) is 5.48. The molecular weight excluding hydrogens is 400 g/mol. The van der Waals surface area contributed by atoms with Crippen LogP contribution in [0, 0.1) is 6.92 Å². The molecule has 0 fully saturated rings. The zero-order valence-electron chi connectivity index (χ0n) is 17.3. The number of nitrogens with zero attached hydrogens (tertiary/aromatic N) is 3. The van der Waals surface area contributed by atoms with Crippen LogP contribution in [0.4, 0.5) is 0 Å². The lowest BCUT2D eigenvalue weighted by molar-refractivity contribution is -0.118. The Kier molecular flexibility index (Phi) is 7.89. The monoisotopic (exact) mass is 428 g/mol. The van der Waals surface area contributed by atoms with Crippen LogP contribution in [0.25, 0.3) is 11.4 Å². The standard InChI is InChI=1S/C22H28N4OS2/c1-4-13-26-21(19-14-28-16(3)18(19)5-2)24-25-22(26)29-15-20(27)23-12-11-17-9-7-6-8-10-17/h6-10,14H,4-5,11-13,15H2,1-3H3,(H,23,27). The fourth-order valence-electron chi connectivity index (χ4n) is 3.30. The summed E-state index contributed by atoms with van der Waals surface area (Å²) in [7, 11) is 0. The van der Waals surface area contributed by atoms with Gasteiger partial charge in [-0.1, -0.05) is 55.9 Å². The van der Waals surface area contributed by atoms with Gasteiger partial charge in [0, 0.05) is 28.9 Å². The minimum Gasteiger partial charge on any atom is -0.355 e. The molecule has 0 saturated carbocycles. The van der Waals surface area contributed by atoms with Crippen molar-refractivity contribution in [3.8, 4) is 11.4 Å². The summed E-state index contributed by atoms with van der Waals surface area (Å²) in [4.78, 5) is 13.6. The number of thiophene rings is 1. The maximum absolute atomic E-state index is 12.3. The summed E-state index contributed by atoms with van der Waals surface area (Å²) in [6, 6.07) is 10.2. The van der Waals surface area contributed by atoms with Gasteiger partial charge in [-0.15, -0.1) is 21.5 Å². The Balaban J connectivity index is 1.62. The molecule has 0 aliphatic heterocycles. The number of carbonyl (C=O) groups is 1. The van der Waals surface area contributed by atoms with Gasteiger partial charge >= 0.3 is 0 Å². The van der Waals surface area contributed by atoms with E-state index in [0.29, 0.717) is 12.3 Å². The van der Waals surface area contributed by atoms with Crippen LogP contribution >= 0.6 is 23.1 Å². The normalized spacial score (nSPS) is 11.0. The number of amides is 1. The number of hydrogen-bond donors (Lipinski definition) is 1. The quantitative estimate of drug-likeness (QED) is 0.474. The van der Waals surface area contributed by atoms with Gasteiger partial charge in [0.2, 0.25) is 5.91 Å². The lowest BCUT2D eigenvalue weighted by atomic mass is 10.1. The molecule has 0 spiro atoms. The van der Waals surface area contributed by atoms with Crippen molar-refractivity contribution < 1.29 is 4.79 Å². The Morgan fingerprint density at radius 1 is 1.21 bits per heavy atom. The fourth-order valence-corrected chi connectivity index (χ4v) is 5.03. The Morgan fingerprint density at radius 3 is 2.72 bits per heavy atom. The molecule has 154 valence electrons. The molecule has 3 rings (SSSR count). The number of nitrogens with one attached hydrogen (secondary N) is 1. The van der Waals surface area contributed by atoms with Crippen molar-refractivity contribution in [3.63, 3.8) is 0 Å². The van der Waals surface area contributed by atoms with E-state index in [-0.39, 0.29) is 5.91 Å². The molecule has 2 aromatic heterocycles. The Hall–Kier alpha value is -2.12. The predicted molar refractivity (Wildman–Crippen MR) is 122 cm³/mol. The highest BCUT2D eigenvalue weighted by Gasteiger charge is 2.19. The van der Waals surface area contributed by atoms with Gasteiger partial charge in [-0.05, 0) is 37.3 Å². The zero-order valence-corrected chi connectivity index (χ0v) is 18.9. The van der Waals surface area contributed by atoms with Crippen LogP contribution in [0.2, 0.25) is 0 Å². The molecule has 7 heteroatoms. The first-order valence-corrected chi connectivity index (χ1v) is 11.9. The molecule has 0 saturated heterocycles. The highest BCUT2D eigenvalue weighted by molar-refractivity contribution is 7.99. The molecule has 1 N–H and O–H groups in total. The van der Waals surface area contributed by atoms with Crippen molar-refractivity contribution >= 4 is 29.0 Å². The summed E-state index contributed by atoms with van der Waals surface area (Å²) in [5.74, 6) is 1.29. The summed E-state index contributed by atoms with van der Waals surface area (Å²) in [6.07, 6.45) is 2.81. The predicted octanol–water partition coefficient (Wildman–Crippen LogP) is 4.74. The van der Waals surface area contributed by atoms with Crippen LogP contribution in [0.3, 0.4) is 0 Å². The van der Waals surface area contributed by atoms with E-state index in [9.17, 15) is 4.79 Å². The topological polar surface area (TPSA) is 59.8 Å². The van der Waals surface area contributed by atoms with Gasteiger partial charge < -0.3 is 9.88 Å². The van der Waals surface area contributed by atoms with Crippen molar-refractivity contribution in [3.05, 3.63) is 51.7 Å². The SMILES string of the molecule is CCCn1c(SCC(=O)NCCc2ccccc2)nnc1-c1csc(C)c1CC. The van der Waals surface area contributed by atoms with Crippen molar-refractivity contribution in [2.45, 2.75) is 51.7 Å². The van der Waals surface area contributed by atoms with Gasteiger partial charge in [-0.2, -0.15) is 0 Å². The molecule has 0 aliphatic carbocycles. The van der Waals surface area contributed by atoms with Crippen LogP contribution < -0.4 is 5.32 Å². The second-order valence-electron chi connectivity index (χ2n) is 6.87. The van der Waals surface area contributed by atoms with Crippen molar-refractivity contribution in [1.29, 1.82) is 0 Å². The molecule has 0 radical (unpaired) electrons. The molecule has 0 aliphatic rings. The number of aromatic nitrogens is 3. The fraction of sp³-hybridized carbons (Fsp3) is 0.409. The van der Waals surface area contributed by atoms with E-state index in [0.717, 1.165) is 36.8 Å². The van der Waals surface area contributed by atoms with Crippen LogP contribution in [0.5, 0.6) is 0 Å². The minimum absolute atomic E-state index is 0.0270. The molecule has 2 heterocycles. The van der Waals surface area contributed by atoms with E-state index in [1.54, 1.807) is 11.3 Å². The van der Waals surface area contributed by atoms with Crippen LogP contribution in [0.1, 0.15) is 36.3 Å². The average Bonchev–Trinajstić information content (AvgIpc) is 3.30. The van der Waals surface area contributed by atoms with E-state index >= 15 is 0 Å². The maximum atomic E-state index is 12.3. The number of benzene rings is 1. The molecule has 0 bridgehead atoms. The van der Waals surface area contributed by atoms with Gasteiger partial charge in [0.25, 0.3) is 0 Å². The van der Waals surface area contributed by atoms with Gasteiger partial charge in [0.1, 0.15) is 0 Å². The van der Waals surface area contributed by atoms with Crippen molar-refractivity contribution in [2.24, 2.45) is 0 Å². The molecule has 1 amide bonds. The number of carbonyl (C=O) groups excluding carboxylic acids is 1. The average molecular weight is 429 g/mol. The third-order valence-electron chi connectivity index (χ3n) is 4.77. The van der Waals surface area contributed by atoms with Crippen molar-refractivity contribution in [1.82, 2.24) is 20.1 Å². The summed E-state index contributed by atoms with van der Waals surface area (Å²) in [5, 5.41) is 14.9. The largest absolute Gasteiger partial charge is 0.355 e. The lowest BCUT2D eigenvalue weighted by Crippen LogP contribution is -2.27. The van der Waals surface area contributed by atoms with E-state index in [1.807, 2.05) is 18.2 Å². The molecule has 5 nitrogen and oxygen atoms in total. The van der Waals surface area contributed by atoms with Crippen molar-refractivity contribution in [2.75, 3.05) is 12.3 Å². The second kappa shape index (κ2) is 10.6. The van der Waals surface area contributed by atoms with Crippen LogP contribution in [-0.2, 0) is 24.2 Å². The lowest BCUT2D eigenvalue weighted by Gasteiger charge is -2.10. The first-order valence-electron chi connectivity index (χ1n) is 10.1. The Bertz CT molecular complexity index is 934. The zero-order chi connectivity index (χ0) is 20.6. The molecule has 29 heavy (non-hydrogen) atoms. The smallest absolute Gasteiger partial charge is 0.230 e. The Morgan fingerprint density at radius 2 is 2.00 bits per heavy atom. The first kappa shape index (κ1) is 21.6. The molecule has 0 unspecified atom stereocenters. The number of thioether (sulfide) groups is 1. The second-order valence-corrected chi connectivity index (χ2v) is 8.90. The summed E-state index contributed by atoms with van der Waals surface area (Å²) >= 11 is 3.22. The number of rotatable bonds is 10. The maximum Gasteiger partial charge on any atom is 0.230 e. The van der Waals surface area contributed by atoms with E-state index < -0.39 is 0 Å². The van der Waals surface area contributed by atoms with Gasteiger partial charge in [0.15, 0.2) is 11.0 Å². The minimum atomic E-state index is 0.0270. The highest BCUT2D eigenvalue weighted by atomic mass is 32.2. The van der Waals surface area contributed by atoms with Crippen LogP contribution in [0.15, 0.2) is 40.9 Å². The van der Waals surface area contributed by atoms with E-state index in [2.05, 4.69) is 58.4 Å². The summed E-state index contributed by atoms with van der Waals surface area (Å²) < 4.78 is 2.16. The van der Waals surface area contributed by atoms with Gasteiger partial charge in [-0.3, -0.25) is 4.79 Å². The van der Waals surface area contributed by atoms with Gasteiger partial charge in [0.05, 0.1) is 5.75 Å². The molecule has 1 aromatic carbocycles. The highest BCUT2D eigenvalue weighted by Crippen LogP contribution is 2.32. The third-order valence-corrected chi connectivity index (χ3v) is 6.69. The molecular formula is C22H28N4OS2. The number of aryl methyl sites for hydroxylation is 1. The van der Waals surface area contributed by atoms with Gasteiger partial charge in [-0.25, -0.2) is 0 Å². The molecule has 3 aromatic rings. The Labute approximate surface area is 180 Å². The first-order chi connectivity index (χ1) is 14.1. The summed E-state index contributed by atoms with van der Waals surface area (Å²) in [6.45, 7) is 7.97.